The number of nitrogens with one attached hydrogen (secondary N) is 1. The molecule has 0 aliphatic heterocycles. The second-order valence-corrected chi connectivity index (χ2v) is 3.48. The predicted molar refractivity (Wildman–Crippen MR) is 61.3 cm³/mol. The van der Waals surface area contributed by atoms with Crippen molar-refractivity contribution >= 4 is 5.82 Å². The molecular weight excluding hydrogens is 190 g/mol. The molecule has 0 saturated heterocycles. The van der Waals surface area contributed by atoms with Gasteiger partial charge in [-0.05, 0) is 13.3 Å². The zero-order chi connectivity index (χ0) is 11.1. The Bertz CT molecular complexity index is 302. The lowest BCUT2D eigenvalue weighted by Gasteiger charge is -2.07. The summed E-state index contributed by atoms with van der Waals surface area (Å²) in [5, 5.41) is 3.26. The maximum absolute atomic E-state index is 5.07. The molecule has 0 unspecified atom stereocenters. The van der Waals surface area contributed by atoms with Crippen LogP contribution in [0, 0.1) is 6.92 Å². The average Bonchev–Trinajstić information content (AvgIpc) is 2.23. The minimum absolute atomic E-state index is 0.612. The third-order valence-electron chi connectivity index (χ3n) is 2.11. The second kappa shape index (κ2) is 6.22. The number of rotatable bonds is 6. The number of aromatic nitrogens is 2. The van der Waals surface area contributed by atoms with Gasteiger partial charge in [0.2, 0.25) is 5.88 Å². The van der Waals surface area contributed by atoms with E-state index in [-0.39, 0.29) is 0 Å². The van der Waals surface area contributed by atoms with Gasteiger partial charge in [-0.2, -0.15) is 4.98 Å². The number of ether oxygens (including phenoxy) is 1. The molecule has 4 heteroatoms. The zero-order valence-corrected chi connectivity index (χ0v) is 9.71. The quantitative estimate of drug-likeness (QED) is 0.731. The van der Waals surface area contributed by atoms with Gasteiger partial charge in [-0.1, -0.05) is 19.8 Å². The standard InChI is InChI=1S/C11H19N3O/c1-4-5-6-7-12-10-8-11(15-3)14-9(2)13-10/h8H,4-7H2,1-3H3,(H,12,13,14). The van der Waals surface area contributed by atoms with Gasteiger partial charge in [0, 0.05) is 12.6 Å². The van der Waals surface area contributed by atoms with Gasteiger partial charge in [-0.15, -0.1) is 0 Å². The van der Waals surface area contributed by atoms with Gasteiger partial charge in [-0.25, -0.2) is 4.98 Å². The largest absolute Gasteiger partial charge is 0.481 e. The summed E-state index contributed by atoms with van der Waals surface area (Å²) < 4.78 is 5.07. The van der Waals surface area contributed by atoms with Crippen LogP contribution in [-0.4, -0.2) is 23.6 Å². The van der Waals surface area contributed by atoms with Crippen molar-refractivity contribution in [2.45, 2.75) is 33.1 Å². The number of hydrogen-bond donors (Lipinski definition) is 1. The first kappa shape index (κ1) is 11.8. The minimum atomic E-state index is 0.612. The van der Waals surface area contributed by atoms with Gasteiger partial charge in [0.1, 0.15) is 11.6 Å². The van der Waals surface area contributed by atoms with E-state index in [1.54, 1.807) is 7.11 Å². The summed E-state index contributed by atoms with van der Waals surface area (Å²) in [5.74, 6) is 2.18. The Hall–Kier alpha value is -1.32. The number of nitrogens with zero attached hydrogens (tertiary/aromatic N) is 2. The molecule has 1 rings (SSSR count). The molecular formula is C11H19N3O. The van der Waals surface area contributed by atoms with Crippen LogP contribution in [0.15, 0.2) is 6.07 Å². The van der Waals surface area contributed by atoms with E-state index in [9.17, 15) is 0 Å². The Morgan fingerprint density at radius 3 is 2.80 bits per heavy atom. The normalized spacial score (nSPS) is 10.1. The molecule has 84 valence electrons. The van der Waals surface area contributed by atoms with Crippen LogP contribution in [0.4, 0.5) is 5.82 Å². The molecule has 1 aromatic rings. The summed E-state index contributed by atoms with van der Waals surface area (Å²) in [6, 6.07) is 1.82. The van der Waals surface area contributed by atoms with Gasteiger partial charge in [0.05, 0.1) is 7.11 Å². The molecule has 1 N–H and O–H groups in total. The molecule has 0 saturated carbocycles. The van der Waals surface area contributed by atoms with Gasteiger partial charge in [0.15, 0.2) is 0 Å². The average molecular weight is 209 g/mol. The Balaban J connectivity index is 2.49. The van der Waals surface area contributed by atoms with E-state index in [0.717, 1.165) is 18.2 Å². The third kappa shape index (κ3) is 4.14. The molecule has 1 heterocycles. The van der Waals surface area contributed by atoms with Crippen molar-refractivity contribution in [2.75, 3.05) is 19.0 Å². The van der Waals surface area contributed by atoms with Crippen LogP contribution in [-0.2, 0) is 0 Å². The first-order chi connectivity index (χ1) is 7.26. The van der Waals surface area contributed by atoms with Crippen molar-refractivity contribution in [3.63, 3.8) is 0 Å². The van der Waals surface area contributed by atoms with Crippen LogP contribution in [0.1, 0.15) is 32.0 Å². The van der Waals surface area contributed by atoms with Crippen LogP contribution in [0.5, 0.6) is 5.88 Å². The lowest BCUT2D eigenvalue weighted by atomic mass is 10.2. The molecule has 0 spiro atoms. The lowest BCUT2D eigenvalue weighted by Crippen LogP contribution is -2.05. The summed E-state index contributed by atoms with van der Waals surface area (Å²) in [6.45, 7) is 5.01. The molecule has 0 aromatic carbocycles. The van der Waals surface area contributed by atoms with Crippen molar-refractivity contribution in [2.24, 2.45) is 0 Å². The van der Waals surface area contributed by atoms with E-state index in [4.69, 9.17) is 4.74 Å². The van der Waals surface area contributed by atoms with Crippen molar-refractivity contribution in [3.05, 3.63) is 11.9 Å². The molecule has 0 bridgehead atoms. The molecule has 0 aliphatic carbocycles. The Morgan fingerprint density at radius 1 is 1.33 bits per heavy atom. The summed E-state index contributed by atoms with van der Waals surface area (Å²) in [6.07, 6.45) is 3.64. The number of anilines is 1. The van der Waals surface area contributed by atoms with Gasteiger partial charge >= 0.3 is 0 Å². The summed E-state index contributed by atoms with van der Waals surface area (Å²) >= 11 is 0. The second-order valence-electron chi connectivity index (χ2n) is 3.48. The fourth-order valence-corrected chi connectivity index (χ4v) is 1.33. The molecule has 15 heavy (non-hydrogen) atoms. The molecule has 0 radical (unpaired) electrons. The molecule has 0 amide bonds. The first-order valence-electron chi connectivity index (χ1n) is 5.39. The first-order valence-corrected chi connectivity index (χ1v) is 5.39. The van der Waals surface area contributed by atoms with Crippen molar-refractivity contribution in [3.8, 4) is 5.88 Å². The molecule has 0 fully saturated rings. The zero-order valence-electron chi connectivity index (χ0n) is 9.71. The Morgan fingerprint density at radius 2 is 2.13 bits per heavy atom. The molecule has 0 atom stereocenters. The van der Waals surface area contributed by atoms with Crippen LogP contribution in [0.2, 0.25) is 0 Å². The minimum Gasteiger partial charge on any atom is -0.481 e. The van der Waals surface area contributed by atoms with Crippen molar-refractivity contribution in [1.29, 1.82) is 0 Å². The van der Waals surface area contributed by atoms with Gasteiger partial charge < -0.3 is 10.1 Å². The summed E-state index contributed by atoms with van der Waals surface area (Å²) in [5.41, 5.74) is 0. The fraction of sp³-hybridized carbons (Fsp3) is 0.636. The van der Waals surface area contributed by atoms with Crippen LogP contribution >= 0.6 is 0 Å². The van der Waals surface area contributed by atoms with Crippen molar-refractivity contribution in [1.82, 2.24) is 9.97 Å². The number of hydrogen-bond acceptors (Lipinski definition) is 4. The van der Waals surface area contributed by atoms with E-state index in [0.29, 0.717) is 5.88 Å². The smallest absolute Gasteiger partial charge is 0.218 e. The number of unbranched alkanes of at least 4 members (excludes halogenated alkanes) is 2. The highest BCUT2D eigenvalue weighted by molar-refractivity contribution is 5.38. The number of aryl methyl sites for hydroxylation is 1. The molecule has 0 aliphatic rings. The summed E-state index contributed by atoms with van der Waals surface area (Å²) in [4.78, 5) is 8.40. The number of methoxy groups -OCH3 is 1. The lowest BCUT2D eigenvalue weighted by molar-refractivity contribution is 0.396. The van der Waals surface area contributed by atoms with Gasteiger partial charge in [0.25, 0.3) is 0 Å². The molecule has 1 aromatic heterocycles. The third-order valence-corrected chi connectivity index (χ3v) is 2.11. The van der Waals surface area contributed by atoms with Crippen molar-refractivity contribution < 1.29 is 4.74 Å². The van der Waals surface area contributed by atoms with E-state index in [1.165, 1.54) is 19.3 Å². The van der Waals surface area contributed by atoms with Crippen LogP contribution in [0.3, 0.4) is 0 Å². The maximum atomic E-state index is 5.07. The topological polar surface area (TPSA) is 47.0 Å². The van der Waals surface area contributed by atoms with E-state index in [1.807, 2.05) is 13.0 Å². The van der Waals surface area contributed by atoms with E-state index < -0.39 is 0 Å². The van der Waals surface area contributed by atoms with Crippen LogP contribution < -0.4 is 10.1 Å². The van der Waals surface area contributed by atoms with E-state index >= 15 is 0 Å². The monoisotopic (exact) mass is 209 g/mol. The molecule has 4 nitrogen and oxygen atoms in total. The fourth-order valence-electron chi connectivity index (χ4n) is 1.33. The SMILES string of the molecule is CCCCCNc1cc(OC)nc(C)n1. The summed E-state index contributed by atoms with van der Waals surface area (Å²) in [7, 11) is 1.61. The van der Waals surface area contributed by atoms with Gasteiger partial charge in [-0.3, -0.25) is 0 Å². The Labute approximate surface area is 91.1 Å². The highest BCUT2D eigenvalue weighted by Gasteiger charge is 2.00. The maximum Gasteiger partial charge on any atom is 0.218 e. The Kier molecular flexibility index (Phi) is 4.87. The predicted octanol–water partition coefficient (Wildman–Crippen LogP) is 2.40. The van der Waals surface area contributed by atoms with Crippen LogP contribution in [0.25, 0.3) is 0 Å². The highest BCUT2D eigenvalue weighted by atomic mass is 16.5. The van der Waals surface area contributed by atoms with E-state index in [2.05, 4.69) is 22.2 Å². The highest BCUT2D eigenvalue weighted by Crippen LogP contribution is 2.12.